The molecule has 2 heterocycles. The summed E-state index contributed by atoms with van der Waals surface area (Å²) < 4.78 is 6.23. The minimum Gasteiger partial charge on any atom is -0.381 e. The Morgan fingerprint density at radius 2 is 2.09 bits per heavy atom. The van der Waals surface area contributed by atoms with Crippen molar-refractivity contribution in [2.24, 2.45) is 5.92 Å². The number of benzene rings is 1. The fourth-order valence-corrected chi connectivity index (χ4v) is 3.75. The smallest absolute Gasteiger partial charge is 0.270 e. The maximum absolute atomic E-state index is 10.8. The highest BCUT2D eigenvalue weighted by molar-refractivity contribution is 9.10. The van der Waals surface area contributed by atoms with Crippen LogP contribution in [0.15, 0.2) is 22.7 Å². The standard InChI is InChI=1S/C15H20BrN3O3/c16-14-9-13(19(20)21)1-2-15(14)18-6-4-17(5-7-18)10-12-3-8-22-11-12/h1-2,9,12H,3-8,10-11H2. The normalized spacial score (nSPS) is 23.0. The Kier molecular flexibility index (Phi) is 4.95. The molecule has 2 aliphatic heterocycles. The summed E-state index contributed by atoms with van der Waals surface area (Å²) in [5.74, 6) is 0.678. The lowest BCUT2D eigenvalue weighted by Crippen LogP contribution is -2.48. The van der Waals surface area contributed by atoms with E-state index in [0.29, 0.717) is 5.92 Å². The van der Waals surface area contributed by atoms with Gasteiger partial charge in [0.2, 0.25) is 0 Å². The van der Waals surface area contributed by atoms with E-state index in [9.17, 15) is 10.1 Å². The van der Waals surface area contributed by atoms with E-state index in [-0.39, 0.29) is 10.6 Å². The van der Waals surface area contributed by atoms with Gasteiger partial charge in [-0.25, -0.2) is 0 Å². The van der Waals surface area contributed by atoms with Crippen LogP contribution in [0.3, 0.4) is 0 Å². The van der Waals surface area contributed by atoms with Gasteiger partial charge in [0.15, 0.2) is 0 Å². The number of anilines is 1. The first kappa shape index (κ1) is 15.7. The summed E-state index contributed by atoms with van der Waals surface area (Å²) in [5.41, 5.74) is 1.16. The van der Waals surface area contributed by atoms with Gasteiger partial charge in [-0.2, -0.15) is 0 Å². The summed E-state index contributed by atoms with van der Waals surface area (Å²) in [6, 6.07) is 4.99. The fraction of sp³-hybridized carbons (Fsp3) is 0.600. The van der Waals surface area contributed by atoms with Crippen molar-refractivity contribution in [3.05, 3.63) is 32.8 Å². The molecule has 0 spiro atoms. The summed E-state index contributed by atoms with van der Waals surface area (Å²) >= 11 is 3.46. The molecule has 0 N–H and O–H groups in total. The average molecular weight is 370 g/mol. The lowest BCUT2D eigenvalue weighted by atomic mass is 10.1. The highest BCUT2D eigenvalue weighted by Gasteiger charge is 2.24. The Labute approximate surface area is 138 Å². The van der Waals surface area contributed by atoms with Crippen LogP contribution in [-0.2, 0) is 4.74 Å². The Morgan fingerprint density at radius 3 is 2.68 bits per heavy atom. The number of halogens is 1. The molecule has 1 unspecified atom stereocenters. The van der Waals surface area contributed by atoms with E-state index in [2.05, 4.69) is 25.7 Å². The molecule has 22 heavy (non-hydrogen) atoms. The number of non-ortho nitro benzene ring substituents is 1. The van der Waals surface area contributed by atoms with Crippen molar-refractivity contribution >= 4 is 27.3 Å². The predicted molar refractivity (Wildman–Crippen MR) is 88.4 cm³/mol. The Hall–Kier alpha value is -1.18. The Bertz CT molecular complexity index is 541. The summed E-state index contributed by atoms with van der Waals surface area (Å²) in [4.78, 5) is 15.2. The minimum atomic E-state index is -0.365. The van der Waals surface area contributed by atoms with Gasteiger partial charge in [0, 0.05) is 55.9 Å². The molecule has 0 amide bonds. The summed E-state index contributed by atoms with van der Waals surface area (Å²) in [6.07, 6.45) is 1.17. The topological polar surface area (TPSA) is 58.9 Å². The molecule has 120 valence electrons. The fourth-order valence-electron chi connectivity index (χ4n) is 3.13. The number of rotatable bonds is 4. The van der Waals surface area contributed by atoms with Crippen molar-refractivity contribution in [1.29, 1.82) is 0 Å². The second kappa shape index (κ2) is 6.93. The van der Waals surface area contributed by atoms with Crippen molar-refractivity contribution in [3.8, 4) is 0 Å². The highest BCUT2D eigenvalue weighted by Crippen LogP contribution is 2.31. The van der Waals surface area contributed by atoms with Gasteiger partial charge >= 0.3 is 0 Å². The molecule has 7 heteroatoms. The molecule has 1 aromatic rings. The molecular formula is C15H20BrN3O3. The van der Waals surface area contributed by atoms with E-state index in [1.54, 1.807) is 12.1 Å². The van der Waals surface area contributed by atoms with E-state index in [4.69, 9.17) is 4.74 Å². The van der Waals surface area contributed by atoms with E-state index in [1.165, 1.54) is 6.42 Å². The largest absolute Gasteiger partial charge is 0.381 e. The van der Waals surface area contributed by atoms with Gasteiger partial charge in [-0.3, -0.25) is 15.0 Å². The van der Waals surface area contributed by atoms with Crippen molar-refractivity contribution in [2.45, 2.75) is 6.42 Å². The predicted octanol–water partition coefficient (Wildman–Crippen LogP) is 2.52. The van der Waals surface area contributed by atoms with Gasteiger partial charge in [0.05, 0.1) is 17.2 Å². The van der Waals surface area contributed by atoms with Gasteiger partial charge in [-0.1, -0.05) is 0 Å². The Balaban J connectivity index is 1.57. The maximum Gasteiger partial charge on any atom is 0.270 e. The van der Waals surface area contributed by atoms with Gasteiger partial charge in [0.25, 0.3) is 5.69 Å². The number of hydrogen-bond acceptors (Lipinski definition) is 5. The van der Waals surface area contributed by atoms with Crippen LogP contribution >= 0.6 is 15.9 Å². The average Bonchev–Trinajstić information content (AvgIpc) is 3.01. The zero-order valence-electron chi connectivity index (χ0n) is 12.4. The monoisotopic (exact) mass is 369 g/mol. The molecule has 2 fully saturated rings. The third-order valence-corrected chi connectivity index (χ3v) is 5.03. The molecule has 0 aliphatic carbocycles. The molecular weight excluding hydrogens is 350 g/mol. The summed E-state index contributed by atoms with van der Waals surface area (Å²) in [7, 11) is 0. The van der Waals surface area contributed by atoms with E-state index in [0.717, 1.165) is 56.1 Å². The van der Waals surface area contributed by atoms with Crippen LogP contribution in [0, 0.1) is 16.0 Å². The van der Waals surface area contributed by atoms with Crippen LogP contribution in [0.5, 0.6) is 0 Å². The molecule has 0 bridgehead atoms. The lowest BCUT2D eigenvalue weighted by molar-refractivity contribution is -0.384. The van der Waals surface area contributed by atoms with Crippen LogP contribution in [0.2, 0.25) is 0 Å². The van der Waals surface area contributed by atoms with Gasteiger partial charge in [-0.05, 0) is 34.3 Å². The second-order valence-corrected chi connectivity index (χ2v) is 6.76. The number of nitro benzene ring substituents is 1. The van der Waals surface area contributed by atoms with Gasteiger partial charge in [-0.15, -0.1) is 0 Å². The van der Waals surface area contributed by atoms with Crippen LogP contribution in [-0.4, -0.2) is 55.8 Å². The molecule has 0 aromatic heterocycles. The first-order valence-corrected chi connectivity index (χ1v) is 8.42. The summed E-state index contributed by atoms with van der Waals surface area (Å²) in [5, 5.41) is 10.8. The van der Waals surface area contributed by atoms with Crippen LogP contribution in [0.1, 0.15) is 6.42 Å². The minimum absolute atomic E-state index is 0.121. The molecule has 1 aromatic carbocycles. The maximum atomic E-state index is 10.8. The van der Waals surface area contributed by atoms with Gasteiger partial charge < -0.3 is 9.64 Å². The van der Waals surface area contributed by atoms with Crippen LogP contribution < -0.4 is 4.90 Å². The SMILES string of the molecule is O=[N+]([O-])c1ccc(N2CCN(CC3CCOC3)CC2)c(Br)c1. The number of nitro groups is 1. The van der Waals surface area contributed by atoms with Crippen LogP contribution in [0.25, 0.3) is 0 Å². The molecule has 2 aliphatic rings. The second-order valence-electron chi connectivity index (χ2n) is 5.91. The first-order chi connectivity index (χ1) is 10.6. The molecule has 3 rings (SSSR count). The zero-order chi connectivity index (χ0) is 15.5. The number of nitrogens with zero attached hydrogens (tertiary/aromatic N) is 3. The van der Waals surface area contributed by atoms with Crippen LogP contribution in [0.4, 0.5) is 11.4 Å². The lowest BCUT2D eigenvalue weighted by Gasteiger charge is -2.37. The van der Waals surface area contributed by atoms with Crippen molar-refractivity contribution < 1.29 is 9.66 Å². The number of ether oxygens (including phenoxy) is 1. The third-order valence-electron chi connectivity index (χ3n) is 4.40. The number of piperazine rings is 1. The third kappa shape index (κ3) is 3.59. The molecule has 0 radical (unpaired) electrons. The molecule has 0 saturated carbocycles. The number of hydrogen-bond donors (Lipinski definition) is 0. The van der Waals surface area contributed by atoms with E-state index in [1.807, 2.05) is 6.07 Å². The molecule has 2 saturated heterocycles. The van der Waals surface area contributed by atoms with Crippen molar-refractivity contribution in [1.82, 2.24) is 4.90 Å². The first-order valence-electron chi connectivity index (χ1n) is 7.62. The van der Waals surface area contributed by atoms with Gasteiger partial charge in [0.1, 0.15) is 0 Å². The molecule has 1 atom stereocenters. The van der Waals surface area contributed by atoms with E-state index >= 15 is 0 Å². The molecule has 6 nitrogen and oxygen atoms in total. The zero-order valence-corrected chi connectivity index (χ0v) is 14.0. The Morgan fingerprint density at radius 1 is 1.32 bits per heavy atom. The highest BCUT2D eigenvalue weighted by atomic mass is 79.9. The van der Waals surface area contributed by atoms with Crippen molar-refractivity contribution in [3.63, 3.8) is 0 Å². The quantitative estimate of drug-likeness (QED) is 0.602. The van der Waals surface area contributed by atoms with Crippen molar-refractivity contribution in [2.75, 3.05) is 50.8 Å². The summed E-state index contributed by atoms with van der Waals surface area (Å²) in [6.45, 7) is 6.87. The van der Waals surface area contributed by atoms with E-state index < -0.39 is 0 Å².